The zero-order valence-electron chi connectivity index (χ0n) is 28.0. The third kappa shape index (κ3) is 14.2. The minimum atomic E-state index is -3.63. The lowest BCUT2D eigenvalue weighted by Gasteiger charge is -2.18. The quantitative estimate of drug-likeness (QED) is 0.138. The van der Waals surface area contributed by atoms with Gasteiger partial charge in [0.15, 0.2) is 0 Å². The molecule has 0 saturated heterocycles. The molecule has 0 bridgehead atoms. The molecule has 0 aliphatic carbocycles. The summed E-state index contributed by atoms with van der Waals surface area (Å²) in [7, 11) is -4.25. The van der Waals surface area contributed by atoms with E-state index in [4.69, 9.17) is 23.7 Å². The van der Waals surface area contributed by atoms with E-state index in [0.29, 0.717) is 52.9 Å². The van der Waals surface area contributed by atoms with Gasteiger partial charge in [-0.05, 0) is 35.4 Å². The number of aliphatic hydroxyl groups excluding tert-OH is 2. The summed E-state index contributed by atoms with van der Waals surface area (Å²) in [5.41, 5.74) is 1.75. The lowest BCUT2D eigenvalue weighted by molar-refractivity contribution is -0.0115. The van der Waals surface area contributed by atoms with Crippen molar-refractivity contribution in [3.8, 4) is 0 Å². The highest BCUT2D eigenvalue weighted by Crippen LogP contribution is 2.21. The lowest BCUT2D eigenvalue weighted by Crippen LogP contribution is -2.30. The van der Waals surface area contributed by atoms with Gasteiger partial charge in [0.05, 0.1) is 75.9 Å². The number of sulfonamides is 2. The van der Waals surface area contributed by atoms with E-state index in [2.05, 4.69) is 0 Å². The molecular weight excluding hydrogens is 652 g/mol. The summed E-state index contributed by atoms with van der Waals surface area (Å²) in [6.07, 6.45) is 0. The Balaban J connectivity index is 1.42. The molecule has 0 saturated carbocycles. The van der Waals surface area contributed by atoms with Crippen molar-refractivity contribution in [2.24, 2.45) is 0 Å². The predicted octanol–water partition coefficient (Wildman–Crippen LogP) is 1.90. The molecule has 0 spiro atoms. The van der Waals surface area contributed by atoms with Gasteiger partial charge in [-0.25, -0.2) is 16.8 Å². The van der Waals surface area contributed by atoms with Gasteiger partial charge in [-0.3, -0.25) is 0 Å². The fourth-order valence-electron chi connectivity index (χ4n) is 4.12. The smallest absolute Gasteiger partial charge is 0.242 e. The summed E-state index contributed by atoms with van der Waals surface area (Å²) in [4.78, 5) is 0.387. The summed E-state index contributed by atoms with van der Waals surface area (Å²) in [5, 5.41) is 18.5. The fourth-order valence-corrected chi connectivity index (χ4v) is 6.43. The van der Waals surface area contributed by atoms with Crippen LogP contribution in [-0.4, -0.2) is 142 Å². The predicted molar refractivity (Wildman–Crippen MR) is 178 cm³/mol. The maximum atomic E-state index is 12.7. The number of nitrogens with zero attached hydrogens (tertiary/aromatic N) is 2. The lowest BCUT2D eigenvalue weighted by atomic mass is 10.0. The third-order valence-corrected chi connectivity index (χ3v) is 11.2. The maximum absolute atomic E-state index is 12.7. The van der Waals surface area contributed by atoms with Crippen molar-refractivity contribution in [2.75, 3.05) is 106 Å². The van der Waals surface area contributed by atoms with Crippen LogP contribution in [0.5, 0.6) is 0 Å². The molecule has 2 atom stereocenters. The van der Waals surface area contributed by atoms with Gasteiger partial charge in [0, 0.05) is 52.2 Å². The molecule has 2 aromatic carbocycles. The van der Waals surface area contributed by atoms with Gasteiger partial charge in [-0.1, -0.05) is 38.1 Å². The van der Waals surface area contributed by atoms with Crippen LogP contribution in [0.2, 0.25) is 0 Å². The topological polar surface area (TPSA) is 161 Å². The first-order chi connectivity index (χ1) is 22.4. The highest BCUT2D eigenvalue weighted by Gasteiger charge is 2.22. The number of likely N-dealkylation sites (N-methyl/N-ethyl adjacent to an activating group) is 2. The second-order valence-corrected chi connectivity index (χ2v) is 15.1. The SMILES string of the molecule is CC(CO)c1ccc(S(=O)(=O)N(C)CCOCCOCCOCCOCCOCCN(C)S(=O)(=O)c2ccc(C(C)CO)cc2)cc1. The van der Waals surface area contributed by atoms with Gasteiger partial charge in [0.25, 0.3) is 0 Å². The van der Waals surface area contributed by atoms with E-state index in [1.54, 1.807) is 48.5 Å². The second-order valence-electron chi connectivity index (χ2n) is 11.0. The van der Waals surface area contributed by atoms with Gasteiger partial charge in [-0.2, -0.15) is 8.61 Å². The van der Waals surface area contributed by atoms with Crippen molar-refractivity contribution in [1.82, 2.24) is 8.61 Å². The van der Waals surface area contributed by atoms with Gasteiger partial charge < -0.3 is 33.9 Å². The van der Waals surface area contributed by atoms with Crippen LogP contribution in [0.25, 0.3) is 0 Å². The Labute approximate surface area is 280 Å². The Morgan fingerprint density at radius 2 is 0.766 bits per heavy atom. The zero-order chi connectivity index (χ0) is 34.7. The first-order valence-corrected chi connectivity index (χ1v) is 18.6. The summed E-state index contributed by atoms with van der Waals surface area (Å²) in [6.45, 7) is 7.49. The van der Waals surface area contributed by atoms with E-state index >= 15 is 0 Å². The average Bonchev–Trinajstić information content (AvgIpc) is 3.08. The number of aliphatic hydroxyl groups is 2. The van der Waals surface area contributed by atoms with Crippen LogP contribution < -0.4 is 0 Å². The maximum Gasteiger partial charge on any atom is 0.242 e. The van der Waals surface area contributed by atoms with E-state index in [1.165, 1.54) is 22.7 Å². The van der Waals surface area contributed by atoms with Crippen LogP contribution in [0.15, 0.2) is 58.3 Å². The molecule has 0 aliphatic heterocycles. The van der Waals surface area contributed by atoms with E-state index in [-0.39, 0.29) is 61.1 Å². The molecule has 13 nitrogen and oxygen atoms in total. The highest BCUT2D eigenvalue weighted by atomic mass is 32.2. The molecule has 15 heteroatoms. The Kier molecular flexibility index (Phi) is 19.1. The van der Waals surface area contributed by atoms with Crippen molar-refractivity contribution >= 4 is 20.0 Å². The number of hydrogen-bond donors (Lipinski definition) is 2. The Morgan fingerprint density at radius 3 is 1.02 bits per heavy atom. The van der Waals surface area contributed by atoms with Crippen molar-refractivity contribution in [3.63, 3.8) is 0 Å². The zero-order valence-corrected chi connectivity index (χ0v) is 29.6. The average molecular weight is 705 g/mol. The van der Waals surface area contributed by atoms with Crippen LogP contribution in [0.3, 0.4) is 0 Å². The van der Waals surface area contributed by atoms with Crippen LogP contribution in [0.4, 0.5) is 0 Å². The molecule has 2 aromatic rings. The molecule has 0 radical (unpaired) electrons. The van der Waals surface area contributed by atoms with E-state index in [9.17, 15) is 27.0 Å². The van der Waals surface area contributed by atoms with Crippen molar-refractivity contribution in [3.05, 3.63) is 59.7 Å². The van der Waals surface area contributed by atoms with Gasteiger partial charge >= 0.3 is 0 Å². The van der Waals surface area contributed by atoms with Gasteiger partial charge in [0.1, 0.15) is 0 Å². The molecule has 2 unspecified atom stereocenters. The first kappa shape index (κ1) is 41.2. The van der Waals surface area contributed by atoms with E-state index in [0.717, 1.165) is 11.1 Å². The minimum absolute atomic E-state index is 0.00246. The Morgan fingerprint density at radius 1 is 0.511 bits per heavy atom. The van der Waals surface area contributed by atoms with Crippen LogP contribution in [0.1, 0.15) is 36.8 Å². The first-order valence-electron chi connectivity index (χ1n) is 15.7. The molecule has 0 amide bonds. The molecule has 0 aromatic heterocycles. The minimum Gasteiger partial charge on any atom is -0.396 e. The monoisotopic (exact) mass is 704 g/mol. The molecular formula is C32H52N2O11S2. The highest BCUT2D eigenvalue weighted by molar-refractivity contribution is 7.89. The van der Waals surface area contributed by atoms with Crippen LogP contribution >= 0.6 is 0 Å². The second kappa shape index (κ2) is 21.8. The number of hydrogen-bond acceptors (Lipinski definition) is 11. The standard InChI is InChI=1S/C32H52N2O11S2/c1-27(25-35)29-5-9-31(10-6-29)46(37,38)33(3)13-15-41-17-19-43-21-23-45-24-22-44-20-18-42-16-14-34(4)47(39,40)32-11-7-30(8-12-32)28(2)26-36/h5-12,27-28,35-36H,13-26H2,1-4H3. The largest absolute Gasteiger partial charge is 0.396 e. The number of rotatable bonds is 26. The normalized spacial score (nSPS) is 13.8. The van der Waals surface area contributed by atoms with Crippen molar-refractivity contribution < 1.29 is 50.7 Å². The van der Waals surface area contributed by atoms with Gasteiger partial charge in [-0.15, -0.1) is 0 Å². The van der Waals surface area contributed by atoms with Crippen LogP contribution in [-0.2, 0) is 43.7 Å². The third-order valence-electron chi connectivity index (χ3n) is 7.45. The Bertz CT molecular complexity index is 1240. The molecule has 0 heterocycles. The molecule has 0 fully saturated rings. The van der Waals surface area contributed by atoms with Crippen molar-refractivity contribution in [2.45, 2.75) is 35.5 Å². The van der Waals surface area contributed by atoms with Crippen LogP contribution in [0, 0.1) is 0 Å². The molecule has 0 aliphatic rings. The molecule has 2 rings (SSSR count). The summed E-state index contributed by atoms with van der Waals surface area (Å²) >= 11 is 0. The fraction of sp³-hybridized carbons (Fsp3) is 0.625. The summed E-state index contributed by atoms with van der Waals surface area (Å²) in [5.74, 6) is -0.113. The van der Waals surface area contributed by atoms with E-state index < -0.39 is 20.0 Å². The summed E-state index contributed by atoms with van der Waals surface area (Å²) < 4.78 is 80.8. The molecule has 268 valence electrons. The number of benzene rings is 2. The molecule has 2 N–H and O–H groups in total. The summed E-state index contributed by atoms with van der Waals surface area (Å²) in [6, 6.07) is 13.1. The van der Waals surface area contributed by atoms with Gasteiger partial charge in [0.2, 0.25) is 20.0 Å². The molecule has 47 heavy (non-hydrogen) atoms. The number of ether oxygens (including phenoxy) is 5. The Hall–Kier alpha value is -2.02. The van der Waals surface area contributed by atoms with E-state index in [1.807, 2.05) is 13.8 Å². The van der Waals surface area contributed by atoms with Crippen molar-refractivity contribution in [1.29, 1.82) is 0 Å².